The molecule has 4 heterocycles. The molecule has 0 saturated carbocycles. The summed E-state index contributed by atoms with van der Waals surface area (Å²) in [5, 5.41) is 5.10. The zero-order valence-corrected chi connectivity index (χ0v) is 17.1. The summed E-state index contributed by atoms with van der Waals surface area (Å²) in [6.07, 6.45) is 4.68. The first-order valence-electron chi connectivity index (χ1n) is 9.88. The molecule has 5 rings (SSSR count). The summed E-state index contributed by atoms with van der Waals surface area (Å²) >= 11 is 1.50. The highest BCUT2D eigenvalue weighted by Gasteiger charge is 2.30. The quantitative estimate of drug-likeness (QED) is 0.556. The van der Waals surface area contributed by atoms with Crippen LogP contribution in [0.15, 0.2) is 54.9 Å². The van der Waals surface area contributed by atoms with Gasteiger partial charge in [-0.25, -0.2) is 4.98 Å². The van der Waals surface area contributed by atoms with Crippen LogP contribution >= 0.6 is 11.3 Å². The van der Waals surface area contributed by atoms with E-state index in [1.165, 1.54) is 27.8 Å². The van der Waals surface area contributed by atoms with Crippen molar-refractivity contribution in [2.45, 2.75) is 18.9 Å². The predicted molar refractivity (Wildman–Crippen MR) is 117 cm³/mol. The molecule has 1 fully saturated rings. The SMILES string of the molecule is CNC(=O)c1sc2ncccc2c1[C@@H]1CCN(Cc2ccc3ncccc3c2)C1. The number of fused-ring (bicyclic) bond motifs is 2. The number of nitrogens with one attached hydrogen (secondary N) is 1. The Morgan fingerprint density at radius 1 is 1.21 bits per heavy atom. The molecule has 4 aromatic rings. The molecule has 0 radical (unpaired) electrons. The van der Waals surface area contributed by atoms with Crippen LogP contribution in [-0.2, 0) is 6.54 Å². The number of aromatic nitrogens is 2. The molecule has 6 heteroatoms. The first-order valence-corrected chi connectivity index (χ1v) is 10.7. The van der Waals surface area contributed by atoms with Crippen LogP contribution in [0.1, 0.15) is 33.1 Å². The average Bonchev–Trinajstić information content (AvgIpc) is 3.37. The topological polar surface area (TPSA) is 58.1 Å². The fourth-order valence-corrected chi connectivity index (χ4v) is 5.51. The van der Waals surface area contributed by atoms with E-state index in [4.69, 9.17) is 0 Å². The number of amides is 1. The van der Waals surface area contributed by atoms with Gasteiger partial charge in [-0.3, -0.25) is 14.7 Å². The van der Waals surface area contributed by atoms with E-state index in [1.807, 2.05) is 18.3 Å². The molecule has 1 amide bonds. The van der Waals surface area contributed by atoms with E-state index >= 15 is 0 Å². The summed E-state index contributed by atoms with van der Waals surface area (Å²) in [4.78, 5) is 25.6. The number of carbonyl (C=O) groups excluding carboxylic acids is 1. The standard InChI is InChI=1S/C23H22N4OS/c1-24-22(28)21-20(18-5-3-10-26-23(18)29-21)17-8-11-27(14-17)13-15-6-7-19-16(12-15)4-2-9-25-19/h2-7,9-10,12,17H,8,11,13-14H2,1H3,(H,24,28)/t17-/m1/s1. The Balaban J connectivity index is 1.41. The maximum atomic E-state index is 12.5. The number of hydrogen-bond donors (Lipinski definition) is 1. The van der Waals surface area contributed by atoms with Crippen LogP contribution in [0.4, 0.5) is 0 Å². The van der Waals surface area contributed by atoms with E-state index in [-0.39, 0.29) is 5.91 Å². The van der Waals surface area contributed by atoms with E-state index in [0.717, 1.165) is 46.7 Å². The molecule has 1 atom stereocenters. The van der Waals surface area contributed by atoms with E-state index in [9.17, 15) is 4.79 Å². The number of hydrogen-bond acceptors (Lipinski definition) is 5. The van der Waals surface area contributed by atoms with E-state index in [1.54, 1.807) is 13.2 Å². The smallest absolute Gasteiger partial charge is 0.261 e. The van der Waals surface area contributed by atoms with Gasteiger partial charge in [0.15, 0.2) is 0 Å². The van der Waals surface area contributed by atoms with Gasteiger partial charge in [0.05, 0.1) is 10.4 Å². The van der Waals surface area contributed by atoms with Gasteiger partial charge in [0.2, 0.25) is 0 Å². The van der Waals surface area contributed by atoms with Gasteiger partial charge in [-0.15, -0.1) is 11.3 Å². The highest BCUT2D eigenvalue weighted by atomic mass is 32.1. The van der Waals surface area contributed by atoms with Crippen LogP contribution in [0.2, 0.25) is 0 Å². The highest BCUT2D eigenvalue weighted by Crippen LogP contribution is 2.39. The highest BCUT2D eigenvalue weighted by molar-refractivity contribution is 7.20. The van der Waals surface area contributed by atoms with E-state index in [2.05, 4.69) is 50.5 Å². The van der Waals surface area contributed by atoms with Crippen LogP contribution in [0.3, 0.4) is 0 Å². The third-order valence-corrected chi connectivity index (χ3v) is 6.82. The van der Waals surface area contributed by atoms with Crippen LogP contribution in [0, 0.1) is 0 Å². The van der Waals surface area contributed by atoms with Gasteiger partial charge in [-0.1, -0.05) is 18.2 Å². The first kappa shape index (κ1) is 18.2. The largest absolute Gasteiger partial charge is 0.354 e. The lowest BCUT2D eigenvalue weighted by Crippen LogP contribution is -2.21. The van der Waals surface area contributed by atoms with Gasteiger partial charge >= 0.3 is 0 Å². The van der Waals surface area contributed by atoms with Crippen molar-refractivity contribution in [1.29, 1.82) is 0 Å². The molecule has 0 aliphatic carbocycles. The van der Waals surface area contributed by atoms with Gasteiger partial charge < -0.3 is 5.32 Å². The summed E-state index contributed by atoms with van der Waals surface area (Å²) in [6, 6.07) is 14.6. The lowest BCUT2D eigenvalue weighted by Gasteiger charge is -2.17. The Morgan fingerprint density at radius 3 is 2.97 bits per heavy atom. The molecule has 146 valence electrons. The van der Waals surface area contributed by atoms with Crippen molar-refractivity contribution < 1.29 is 4.79 Å². The summed E-state index contributed by atoms with van der Waals surface area (Å²) in [5.41, 5.74) is 3.50. The van der Waals surface area contributed by atoms with Crippen molar-refractivity contribution in [3.63, 3.8) is 0 Å². The molecule has 1 aromatic carbocycles. The zero-order valence-electron chi connectivity index (χ0n) is 16.3. The predicted octanol–water partition coefficient (Wildman–Crippen LogP) is 4.19. The second-order valence-electron chi connectivity index (χ2n) is 7.53. The molecule has 1 saturated heterocycles. The Bertz CT molecular complexity index is 1200. The molecule has 0 unspecified atom stereocenters. The van der Waals surface area contributed by atoms with Gasteiger partial charge in [0, 0.05) is 49.2 Å². The van der Waals surface area contributed by atoms with Crippen molar-refractivity contribution in [3.05, 3.63) is 70.9 Å². The van der Waals surface area contributed by atoms with Crippen molar-refractivity contribution in [3.8, 4) is 0 Å². The number of thiophene rings is 1. The summed E-state index contributed by atoms with van der Waals surface area (Å²) in [6.45, 7) is 2.90. The number of likely N-dealkylation sites (tertiary alicyclic amines) is 1. The van der Waals surface area contributed by atoms with Crippen molar-refractivity contribution in [2.24, 2.45) is 0 Å². The van der Waals surface area contributed by atoms with Crippen molar-refractivity contribution in [1.82, 2.24) is 20.2 Å². The second-order valence-corrected chi connectivity index (χ2v) is 8.53. The fraction of sp³-hybridized carbons (Fsp3) is 0.261. The minimum absolute atomic E-state index is 0.0107. The van der Waals surface area contributed by atoms with Crippen LogP contribution in [-0.4, -0.2) is 40.9 Å². The molecule has 1 aliphatic heterocycles. The summed E-state index contributed by atoms with van der Waals surface area (Å²) in [7, 11) is 1.69. The Morgan fingerprint density at radius 2 is 2.07 bits per heavy atom. The number of benzene rings is 1. The maximum Gasteiger partial charge on any atom is 0.261 e. The van der Waals surface area contributed by atoms with Crippen molar-refractivity contribution >= 4 is 38.4 Å². The molecule has 29 heavy (non-hydrogen) atoms. The van der Waals surface area contributed by atoms with Crippen molar-refractivity contribution in [2.75, 3.05) is 20.1 Å². The van der Waals surface area contributed by atoms with Crippen LogP contribution in [0.25, 0.3) is 21.1 Å². The van der Waals surface area contributed by atoms with E-state index < -0.39 is 0 Å². The fourth-order valence-electron chi connectivity index (χ4n) is 4.33. The van der Waals surface area contributed by atoms with Gasteiger partial charge in [-0.05, 0) is 48.4 Å². The first-order chi connectivity index (χ1) is 14.2. The number of nitrogens with zero attached hydrogens (tertiary/aromatic N) is 3. The zero-order chi connectivity index (χ0) is 19.8. The van der Waals surface area contributed by atoms with Gasteiger partial charge in [0.25, 0.3) is 5.91 Å². The normalized spacial score (nSPS) is 17.2. The third-order valence-electron chi connectivity index (χ3n) is 5.69. The molecular formula is C23H22N4OS. The lowest BCUT2D eigenvalue weighted by molar-refractivity contribution is 0.0966. The number of rotatable bonds is 4. The molecule has 5 nitrogen and oxygen atoms in total. The second kappa shape index (κ2) is 7.54. The molecule has 3 aromatic heterocycles. The Labute approximate surface area is 173 Å². The Kier molecular flexibility index (Phi) is 4.73. The minimum Gasteiger partial charge on any atom is -0.354 e. The van der Waals surface area contributed by atoms with Crippen LogP contribution < -0.4 is 5.32 Å². The average molecular weight is 403 g/mol. The Hall–Kier alpha value is -2.83. The third kappa shape index (κ3) is 3.39. The molecule has 1 aliphatic rings. The van der Waals surface area contributed by atoms with Crippen LogP contribution in [0.5, 0.6) is 0 Å². The summed E-state index contributed by atoms with van der Waals surface area (Å²) in [5.74, 6) is 0.339. The van der Waals surface area contributed by atoms with Gasteiger partial charge in [0.1, 0.15) is 4.83 Å². The molecular weight excluding hydrogens is 380 g/mol. The summed E-state index contributed by atoms with van der Waals surface area (Å²) < 4.78 is 0. The minimum atomic E-state index is -0.0107. The van der Waals surface area contributed by atoms with E-state index in [0.29, 0.717) is 5.92 Å². The lowest BCUT2D eigenvalue weighted by atomic mass is 9.95. The molecule has 0 bridgehead atoms. The molecule has 1 N–H and O–H groups in total. The number of carbonyl (C=O) groups is 1. The monoisotopic (exact) mass is 402 g/mol. The maximum absolute atomic E-state index is 12.5. The molecule has 0 spiro atoms. The number of pyridine rings is 2. The van der Waals surface area contributed by atoms with Gasteiger partial charge in [-0.2, -0.15) is 0 Å².